The van der Waals surface area contributed by atoms with E-state index >= 15 is 0 Å². The normalized spacial score (nSPS) is 16.0. The van der Waals surface area contributed by atoms with Crippen LogP contribution in [0.1, 0.15) is 45.2 Å². The third-order valence-electron chi connectivity index (χ3n) is 8.99. The van der Waals surface area contributed by atoms with E-state index < -0.39 is 26.8 Å². The molecule has 4 aromatic rings. The van der Waals surface area contributed by atoms with Crippen LogP contribution >= 0.6 is 0 Å². The van der Waals surface area contributed by atoms with Gasteiger partial charge in [0, 0.05) is 0 Å². The van der Waals surface area contributed by atoms with Gasteiger partial charge in [0.15, 0.2) is 0 Å². The minimum Gasteiger partial charge on any atom is -0.0622 e. The van der Waals surface area contributed by atoms with Crippen LogP contribution in [0.25, 0.3) is 0 Å². The van der Waals surface area contributed by atoms with Gasteiger partial charge in [-0.25, -0.2) is 0 Å². The van der Waals surface area contributed by atoms with Crippen molar-refractivity contribution in [1.82, 2.24) is 0 Å². The van der Waals surface area contributed by atoms with Gasteiger partial charge in [0.25, 0.3) is 0 Å². The molecule has 0 fully saturated rings. The molecule has 211 valence electrons. The average molecular weight is 643 g/mol. The molecule has 4 aromatic carbocycles. The van der Waals surface area contributed by atoms with Gasteiger partial charge in [0.2, 0.25) is 0 Å². The Morgan fingerprint density at radius 1 is 0.619 bits per heavy atom. The number of hydrogen-bond acceptors (Lipinski definition) is 0. The molecule has 0 N–H and O–H groups in total. The quantitative estimate of drug-likeness (QED) is 0.169. The summed E-state index contributed by atoms with van der Waals surface area (Å²) in [5.74, 6) is -0.676. The van der Waals surface area contributed by atoms with E-state index in [0.717, 1.165) is 12.8 Å². The molecule has 0 saturated heterocycles. The maximum Gasteiger partial charge on any atom is -0.0238 e. The van der Waals surface area contributed by atoms with E-state index in [-0.39, 0.29) is 0 Å². The Bertz CT molecular complexity index is 1490. The van der Waals surface area contributed by atoms with Crippen LogP contribution in [-0.4, -0.2) is 5.92 Å². The van der Waals surface area contributed by atoms with Crippen molar-refractivity contribution in [1.29, 1.82) is 0 Å². The van der Waals surface area contributed by atoms with Crippen molar-refractivity contribution in [2.75, 3.05) is 0 Å². The zero-order chi connectivity index (χ0) is 29.3. The van der Waals surface area contributed by atoms with E-state index in [4.69, 9.17) is 0 Å². The first-order chi connectivity index (χ1) is 20.5. The van der Waals surface area contributed by atoms with Gasteiger partial charge in [-0.3, -0.25) is 0 Å². The molecule has 6 rings (SSSR count). The number of rotatable bonds is 8. The van der Waals surface area contributed by atoms with Crippen LogP contribution in [0.15, 0.2) is 163 Å². The molecule has 0 aliphatic heterocycles. The average Bonchev–Trinajstić information content (AvgIpc) is 3.65. The molecule has 1 unspecified atom stereocenters. The Morgan fingerprint density at radius 2 is 1.07 bits per heavy atom. The Labute approximate surface area is 262 Å². The van der Waals surface area contributed by atoms with Gasteiger partial charge in [0.1, 0.15) is 0 Å². The topological polar surface area (TPSA) is 0 Å². The van der Waals surface area contributed by atoms with Crippen LogP contribution in [0.5, 0.6) is 0 Å². The second-order valence-corrected chi connectivity index (χ2v) is 26.3. The Morgan fingerprint density at radius 3 is 1.45 bits per heavy atom. The van der Waals surface area contributed by atoms with Crippen LogP contribution in [0.4, 0.5) is 0 Å². The van der Waals surface area contributed by atoms with Gasteiger partial charge in [-0.05, 0) is 24.0 Å². The maximum absolute atomic E-state index is 2.48. The molecule has 0 heterocycles. The van der Waals surface area contributed by atoms with Crippen LogP contribution in [-0.2, 0) is 33.8 Å². The first-order valence-corrected chi connectivity index (χ1v) is 23.8. The molecule has 1 atom stereocenters. The second-order valence-electron chi connectivity index (χ2n) is 11.5. The predicted octanol–water partition coefficient (Wildman–Crippen LogP) is 8.72. The van der Waals surface area contributed by atoms with Crippen molar-refractivity contribution in [3.05, 3.63) is 174 Å². The van der Waals surface area contributed by atoms with E-state index in [1.165, 1.54) is 17.5 Å². The fraction of sp³-hybridized carbons (Fsp3) is 0.200. The molecule has 0 amide bonds. The standard InChI is InChI=1S/C14H14.C12H11Si.C9H13.C5H5.Zr/c1-3-7-13(8-4-1)11-12-14-9-5-2-6-10-14;1-3-7-11(8-4-1)13-12-9-5-2-6-10-12;1-6-5-7(2)9(4)8(6)3;1-2-4-5-3-1;/h1-10H,11-12H2;1-10,13H;6H,1-4H3;1-3H,4H2;. The third kappa shape index (κ3) is 7.28. The molecule has 2 heteroatoms. The Balaban J connectivity index is 0.000000211. The van der Waals surface area contributed by atoms with Crippen LogP contribution < -0.4 is 10.4 Å². The van der Waals surface area contributed by atoms with Crippen LogP contribution in [0.3, 0.4) is 0 Å². The van der Waals surface area contributed by atoms with Gasteiger partial charge >= 0.3 is 179 Å². The number of allylic oxidation sites excluding steroid dienone is 8. The van der Waals surface area contributed by atoms with Crippen molar-refractivity contribution >= 4 is 16.3 Å². The summed E-state index contributed by atoms with van der Waals surface area (Å²) in [6.45, 7) is 9.58. The number of benzene rings is 4. The van der Waals surface area contributed by atoms with Crippen LogP contribution in [0, 0.1) is 5.92 Å². The molecular formula is C40H43SiZr. The van der Waals surface area contributed by atoms with E-state index in [2.05, 4.69) is 167 Å². The molecule has 0 nitrogen and oxygen atoms in total. The molecule has 0 saturated carbocycles. The molecule has 0 radical (unpaired) electrons. The maximum atomic E-state index is 2.48. The molecular weight excluding hydrogens is 600 g/mol. The minimum absolute atomic E-state index is 0.623. The summed E-state index contributed by atoms with van der Waals surface area (Å²) in [5.41, 5.74) is 7.61. The predicted molar refractivity (Wildman–Crippen MR) is 182 cm³/mol. The van der Waals surface area contributed by atoms with Gasteiger partial charge < -0.3 is 0 Å². The minimum atomic E-state index is -2.10. The van der Waals surface area contributed by atoms with E-state index in [1.807, 2.05) is 3.28 Å². The monoisotopic (exact) mass is 641 g/mol. The molecule has 0 aromatic heterocycles. The van der Waals surface area contributed by atoms with Crippen molar-refractivity contribution in [3.63, 3.8) is 0 Å². The largest absolute Gasteiger partial charge is 0.0622 e. The smallest absolute Gasteiger partial charge is 0.0238 e. The van der Waals surface area contributed by atoms with Crippen molar-refractivity contribution in [2.45, 2.75) is 47.0 Å². The molecule has 2 aliphatic carbocycles. The first kappa shape index (κ1) is 30.4. The number of hydrogen-bond donors (Lipinski definition) is 0. The Hall–Kier alpha value is -3.06. The van der Waals surface area contributed by atoms with E-state index in [9.17, 15) is 0 Å². The summed E-state index contributed by atoms with van der Waals surface area (Å²) in [7, 11) is 0. The summed E-state index contributed by atoms with van der Waals surface area (Å²) in [5, 5.41) is 3.26. The number of aryl methyl sites for hydroxylation is 2. The van der Waals surface area contributed by atoms with E-state index in [1.54, 1.807) is 30.4 Å². The zero-order valence-corrected chi connectivity index (χ0v) is 29.2. The van der Waals surface area contributed by atoms with Gasteiger partial charge in [-0.15, -0.1) is 0 Å². The molecule has 2 aliphatic rings. The zero-order valence-electron chi connectivity index (χ0n) is 25.6. The Kier molecular flexibility index (Phi) is 10.8. The summed E-state index contributed by atoms with van der Waals surface area (Å²) in [6.07, 6.45) is 10.6. The SMILES string of the molecule is CC1=C(C)C(C)[C]([Zr]([C]2=CC=CC2)[SiH](c2ccccc2)c2ccccc2)=C1C.c1ccc(CCc2ccccc2)cc1. The van der Waals surface area contributed by atoms with E-state index in [0.29, 0.717) is 5.92 Å². The van der Waals surface area contributed by atoms with Crippen molar-refractivity contribution < 1.29 is 20.9 Å². The summed E-state index contributed by atoms with van der Waals surface area (Å²) >= 11 is -2.10. The van der Waals surface area contributed by atoms with Crippen molar-refractivity contribution in [2.24, 2.45) is 5.92 Å². The van der Waals surface area contributed by atoms with Crippen LogP contribution in [0.2, 0.25) is 0 Å². The summed E-state index contributed by atoms with van der Waals surface area (Å²) in [6, 6.07) is 44.2. The van der Waals surface area contributed by atoms with Gasteiger partial charge in [-0.1, -0.05) is 60.7 Å². The molecule has 42 heavy (non-hydrogen) atoms. The third-order valence-corrected chi connectivity index (χ3v) is 30.9. The summed E-state index contributed by atoms with van der Waals surface area (Å²) in [4.78, 5) is 0. The first-order valence-electron chi connectivity index (χ1n) is 15.3. The van der Waals surface area contributed by atoms with Crippen molar-refractivity contribution in [3.8, 4) is 0 Å². The van der Waals surface area contributed by atoms with Gasteiger partial charge in [-0.2, -0.15) is 0 Å². The molecule has 0 spiro atoms. The fourth-order valence-electron chi connectivity index (χ4n) is 6.35. The second kappa shape index (κ2) is 14.9. The summed E-state index contributed by atoms with van der Waals surface area (Å²) < 4.78 is 3.67. The fourth-order valence-corrected chi connectivity index (χ4v) is 31.6. The molecule has 0 bridgehead atoms. The van der Waals surface area contributed by atoms with Gasteiger partial charge in [0.05, 0.1) is 0 Å².